The van der Waals surface area contributed by atoms with Gasteiger partial charge in [0, 0.05) is 77.3 Å². The molecular weight excluding hydrogens is 526 g/mol. The molecule has 0 saturated carbocycles. The van der Waals surface area contributed by atoms with Gasteiger partial charge in [-0.05, 0) is 74.4 Å². The lowest BCUT2D eigenvalue weighted by atomic mass is 9.86. The van der Waals surface area contributed by atoms with Gasteiger partial charge in [-0.1, -0.05) is 17.7 Å². The molecule has 2 fully saturated rings. The van der Waals surface area contributed by atoms with Gasteiger partial charge in [-0.3, -0.25) is 9.80 Å². The fourth-order valence-corrected chi connectivity index (χ4v) is 6.44. The summed E-state index contributed by atoms with van der Waals surface area (Å²) in [6.45, 7) is 12.6. The first-order valence-corrected chi connectivity index (χ1v) is 15.1. The van der Waals surface area contributed by atoms with Crippen LogP contribution in [0.15, 0.2) is 30.3 Å². The van der Waals surface area contributed by atoms with Gasteiger partial charge in [-0.25, -0.2) is 0 Å². The number of methoxy groups -OCH3 is 3. The number of ether oxygens (including phenoxy) is 4. The molecule has 0 aromatic heterocycles. The Morgan fingerprint density at radius 1 is 0.875 bits per heavy atom. The molecule has 0 aliphatic carbocycles. The standard InChI is InChI=1S/C32H48ClN3O4/c1-24-25(2)31(40-19-7-14-34(17-20-37-3)18-21-38-4)13-11-28(24)30-9-6-8-27-23-35(15-16-36(27)30)26-10-12-29(33)32(22-26)39-5/h10-13,22,27,30H,6-9,14-21,23H2,1-5H3/t27-,30+/m0/s1. The minimum Gasteiger partial charge on any atom is -0.495 e. The predicted molar refractivity (Wildman–Crippen MR) is 164 cm³/mol. The van der Waals surface area contributed by atoms with Crippen molar-refractivity contribution in [2.75, 3.05) is 85.3 Å². The number of fused-ring (bicyclic) bond motifs is 1. The maximum Gasteiger partial charge on any atom is 0.139 e. The fourth-order valence-electron chi connectivity index (χ4n) is 6.24. The van der Waals surface area contributed by atoms with Crippen LogP contribution in [0.2, 0.25) is 5.02 Å². The number of hydrogen-bond acceptors (Lipinski definition) is 7. The maximum atomic E-state index is 6.29. The lowest BCUT2D eigenvalue weighted by Gasteiger charge is -2.49. The summed E-state index contributed by atoms with van der Waals surface area (Å²) >= 11 is 6.28. The van der Waals surface area contributed by atoms with E-state index in [1.165, 1.54) is 41.6 Å². The Balaban J connectivity index is 1.36. The summed E-state index contributed by atoms with van der Waals surface area (Å²) in [7, 11) is 5.18. The number of piperidine rings is 1. The Morgan fingerprint density at radius 2 is 1.65 bits per heavy atom. The highest BCUT2D eigenvalue weighted by Crippen LogP contribution is 2.40. The van der Waals surface area contributed by atoms with E-state index in [9.17, 15) is 0 Å². The van der Waals surface area contributed by atoms with Crippen molar-refractivity contribution in [3.05, 3.63) is 52.0 Å². The number of piperazine rings is 1. The van der Waals surface area contributed by atoms with Crippen LogP contribution in [0.3, 0.4) is 0 Å². The van der Waals surface area contributed by atoms with Crippen molar-refractivity contribution in [1.29, 1.82) is 0 Å². The third-order valence-electron chi connectivity index (χ3n) is 8.68. The molecule has 0 amide bonds. The highest BCUT2D eigenvalue weighted by Gasteiger charge is 2.36. The van der Waals surface area contributed by atoms with Crippen LogP contribution < -0.4 is 14.4 Å². The number of benzene rings is 2. The van der Waals surface area contributed by atoms with Gasteiger partial charge < -0.3 is 23.8 Å². The third-order valence-corrected chi connectivity index (χ3v) is 8.99. The van der Waals surface area contributed by atoms with E-state index in [1.807, 2.05) is 6.07 Å². The van der Waals surface area contributed by atoms with Crippen molar-refractivity contribution in [3.8, 4) is 11.5 Å². The van der Waals surface area contributed by atoms with Crippen molar-refractivity contribution in [1.82, 2.24) is 9.80 Å². The zero-order valence-electron chi connectivity index (χ0n) is 25.1. The highest BCUT2D eigenvalue weighted by molar-refractivity contribution is 6.32. The van der Waals surface area contributed by atoms with E-state index in [-0.39, 0.29) is 0 Å². The van der Waals surface area contributed by atoms with Gasteiger partial charge in [0.2, 0.25) is 0 Å². The van der Waals surface area contributed by atoms with Crippen LogP contribution in [0.5, 0.6) is 11.5 Å². The molecule has 222 valence electrons. The Bertz CT molecular complexity index is 1080. The minimum absolute atomic E-state index is 0.462. The Kier molecular flexibility index (Phi) is 11.8. The molecule has 2 atom stereocenters. The Morgan fingerprint density at radius 3 is 2.38 bits per heavy atom. The van der Waals surface area contributed by atoms with Gasteiger partial charge in [0.25, 0.3) is 0 Å². The molecule has 2 aliphatic heterocycles. The third kappa shape index (κ3) is 7.62. The summed E-state index contributed by atoms with van der Waals surface area (Å²) in [5.74, 6) is 1.75. The van der Waals surface area contributed by atoms with E-state index >= 15 is 0 Å². The summed E-state index contributed by atoms with van der Waals surface area (Å²) in [5, 5.41) is 0.659. The molecule has 8 heteroatoms. The number of halogens is 1. The van der Waals surface area contributed by atoms with Crippen molar-refractivity contribution in [3.63, 3.8) is 0 Å². The van der Waals surface area contributed by atoms with Crippen LogP contribution in [-0.2, 0) is 9.47 Å². The monoisotopic (exact) mass is 573 g/mol. The first-order valence-electron chi connectivity index (χ1n) is 14.7. The first-order chi connectivity index (χ1) is 19.5. The van der Waals surface area contributed by atoms with E-state index in [2.05, 4.69) is 52.8 Å². The summed E-state index contributed by atoms with van der Waals surface area (Å²) in [6.07, 6.45) is 4.68. The van der Waals surface area contributed by atoms with Crippen LogP contribution in [-0.4, -0.2) is 96.3 Å². The van der Waals surface area contributed by atoms with Crippen LogP contribution in [0.25, 0.3) is 0 Å². The largest absolute Gasteiger partial charge is 0.495 e. The average Bonchev–Trinajstić information content (AvgIpc) is 2.98. The molecule has 0 N–H and O–H groups in total. The lowest BCUT2D eigenvalue weighted by Crippen LogP contribution is -2.56. The quantitative estimate of drug-likeness (QED) is 0.267. The van der Waals surface area contributed by atoms with Crippen molar-refractivity contribution in [2.24, 2.45) is 0 Å². The van der Waals surface area contributed by atoms with Crippen LogP contribution in [0.1, 0.15) is 48.4 Å². The summed E-state index contributed by atoms with van der Waals surface area (Å²) in [5.41, 5.74) is 5.29. The molecule has 0 spiro atoms. The van der Waals surface area contributed by atoms with Crippen molar-refractivity contribution >= 4 is 17.3 Å². The van der Waals surface area contributed by atoms with Gasteiger partial charge in [-0.15, -0.1) is 0 Å². The van der Waals surface area contributed by atoms with Gasteiger partial charge in [0.1, 0.15) is 11.5 Å². The molecule has 2 aromatic carbocycles. The van der Waals surface area contributed by atoms with Crippen molar-refractivity contribution in [2.45, 2.75) is 51.6 Å². The second kappa shape index (κ2) is 15.3. The number of hydrogen-bond donors (Lipinski definition) is 0. The minimum atomic E-state index is 0.462. The number of nitrogens with zero attached hydrogens (tertiary/aromatic N) is 3. The maximum absolute atomic E-state index is 6.29. The predicted octanol–water partition coefficient (Wildman–Crippen LogP) is 5.74. The van der Waals surface area contributed by atoms with E-state index in [4.69, 9.17) is 30.5 Å². The molecule has 2 aliphatic rings. The molecule has 7 nitrogen and oxygen atoms in total. The van der Waals surface area contributed by atoms with Crippen molar-refractivity contribution < 1.29 is 18.9 Å². The SMILES string of the molecule is COCCN(CCCOc1ccc([C@H]2CCC[C@H]3CN(c4ccc(Cl)c(OC)c4)CCN32)c(C)c1C)CCOC. The Hall–Kier alpha value is -2.03. The van der Waals surface area contributed by atoms with Crippen LogP contribution in [0.4, 0.5) is 5.69 Å². The van der Waals surface area contributed by atoms with E-state index < -0.39 is 0 Å². The average molecular weight is 574 g/mol. The lowest BCUT2D eigenvalue weighted by molar-refractivity contribution is 0.0712. The molecule has 0 bridgehead atoms. The summed E-state index contributed by atoms with van der Waals surface area (Å²) < 4.78 is 22.3. The Labute approximate surface area is 246 Å². The molecule has 2 heterocycles. The summed E-state index contributed by atoms with van der Waals surface area (Å²) in [4.78, 5) is 7.62. The normalized spacial score (nSPS) is 19.6. The molecular formula is C32H48ClN3O4. The highest BCUT2D eigenvalue weighted by atomic mass is 35.5. The molecule has 4 rings (SSSR count). The molecule has 2 aromatic rings. The summed E-state index contributed by atoms with van der Waals surface area (Å²) in [6, 6.07) is 11.7. The molecule has 2 saturated heterocycles. The van der Waals surface area contributed by atoms with E-state index in [0.717, 1.165) is 70.4 Å². The fraction of sp³-hybridized carbons (Fsp3) is 0.625. The smallest absolute Gasteiger partial charge is 0.139 e. The van der Waals surface area contributed by atoms with Gasteiger partial charge >= 0.3 is 0 Å². The van der Waals surface area contributed by atoms with Crippen LogP contribution in [0, 0.1) is 13.8 Å². The topological polar surface area (TPSA) is 46.6 Å². The zero-order chi connectivity index (χ0) is 28.5. The molecule has 40 heavy (non-hydrogen) atoms. The first kappa shape index (κ1) is 30.9. The van der Waals surface area contributed by atoms with Gasteiger partial charge in [0.15, 0.2) is 0 Å². The second-order valence-corrected chi connectivity index (χ2v) is 11.4. The molecule has 0 radical (unpaired) electrons. The van der Waals surface area contributed by atoms with Gasteiger partial charge in [-0.2, -0.15) is 0 Å². The zero-order valence-corrected chi connectivity index (χ0v) is 25.8. The van der Waals surface area contributed by atoms with Crippen LogP contribution >= 0.6 is 11.6 Å². The van der Waals surface area contributed by atoms with Gasteiger partial charge in [0.05, 0.1) is 32.0 Å². The number of rotatable bonds is 14. The van der Waals surface area contributed by atoms with E-state index in [1.54, 1.807) is 21.3 Å². The molecule has 0 unspecified atom stereocenters. The number of anilines is 1. The second-order valence-electron chi connectivity index (χ2n) is 11.0. The van der Waals surface area contributed by atoms with E-state index in [0.29, 0.717) is 23.7 Å².